The number of fused-ring (bicyclic) bond motifs is 2. The lowest BCUT2D eigenvalue weighted by Crippen LogP contribution is -2.20. The van der Waals surface area contributed by atoms with Crippen molar-refractivity contribution in [3.8, 4) is 0 Å². The van der Waals surface area contributed by atoms with Gasteiger partial charge in [0.1, 0.15) is 0 Å². The quantitative estimate of drug-likeness (QED) is 0.495. The fraction of sp³-hybridized carbons (Fsp3) is 0.125. The van der Waals surface area contributed by atoms with Gasteiger partial charge in [-0.15, -0.1) is 0 Å². The van der Waals surface area contributed by atoms with E-state index in [1.807, 2.05) is 24.3 Å². The van der Waals surface area contributed by atoms with Gasteiger partial charge in [-0.25, -0.2) is 0 Å². The number of hydrogen-bond donors (Lipinski definition) is 2. The molecule has 0 radical (unpaired) electrons. The molecule has 0 unspecified atom stereocenters. The van der Waals surface area contributed by atoms with E-state index in [-0.39, 0.29) is 11.8 Å². The van der Waals surface area contributed by atoms with Gasteiger partial charge in [-0.2, -0.15) is 10.2 Å². The molecule has 2 aromatic carbocycles. The van der Waals surface area contributed by atoms with Crippen molar-refractivity contribution < 1.29 is 0 Å². The summed E-state index contributed by atoms with van der Waals surface area (Å²) in [4.78, 5) is 0. The van der Waals surface area contributed by atoms with E-state index in [1.54, 1.807) is 12.4 Å². The number of hydrogen-bond acceptors (Lipinski definition) is 4. The molecular weight excluding hydrogens is 248 g/mol. The van der Waals surface area contributed by atoms with E-state index in [4.69, 9.17) is 11.7 Å². The summed E-state index contributed by atoms with van der Waals surface area (Å²) in [7, 11) is 0. The second-order valence-corrected chi connectivity index (χ2v) is 4.81. The Morgan fingerprint density at radius 1 is 0.650 bits per heavy atom. The third-order valence-electron chi connectivity index (χ3n) is 3.80. The van der Waals surface area contributed by atoms with Crippen LogP contribution in [0.5, 0.6) is 0 Å². The molecule has 1 aliphatic carbocycles. The Kier molecular flexibility index (Phi) is 3.21. The summed E-state index contributed by atoms with van der Waals surface area (Å²) >= 11 is 0. The van der Waals surface area contributed by atoms with E-state index in [0.29, 0.717) is 0 Å². The van der Waals surface area contributed by atoms with Crippen LogP contribution in [0.3, 0.4) is 0 Å². The van der Waals surface area contributed by atoms with Gasteiger partial charge < -0.3 is 11.7 Å². The van der Waals surface area contributed by atoms with Crippen LogP contribution in [0, 0.1) is 0 Å². The van der Waals surface area contributed by atoms with Crippen LogP contribution >= 0.6 is 0 Å². The predicted octanol–water partition coefficient (Wildman–Crippen LogP) is 2.15. The Bertz CT molecular complexity index is 570. The van der Waals surface area contributed by atoms with Gasteiger partial charge in [-0.05, 0) is 22.3 Å². The lowest BCUT2D eigenvalue weighted by atomic mass is 9.73. The van der Waals surface area contributed by atoms with Crippen LogP contribution in [0.1, 0.15) is 34.1 Å². The van der Waals surface area contributed by atoms with Gasteiger partial charge in [-0.1, -0.05) is 48.5 Å². The SMILES string of the molecule is NN=CC1c2ccccc2C(C=NN)c2ccccc21. The van der Waals surface area contributed by atoms with Crippen molar-refractivity contribution in [1.82, 2.24) is 0 Å². The Morgan fingerprint density at radius 3 is 1.20 bits per heavy atom. The molecule has 4 N–H and O–H groups in total. The molecule has 3 rings (SSSR count). The van der Waals surface area contributed by atoms with Crippen LogP contribution in [-0.4, -0.2) is 12.4 Å². The first-order valence-corrected chi connectivity index (χ1v) is 6.51. The Hall–Kier alpha value is -2.62. The zero-order chi connectivity index (χ0) is 13.9. The first kappa shape index (κ1) is 12.4. The normalized spacial score (nSPS) is 21.0. The summed E-state index contributed by atoms with van der Waals surface area (Å²) in [5, 5.41) is 7.49. The van der Waals surface area contributed by atoms with Gasteiger partial charge in [0.05, 0.1) is 0 Å². The van der Waals surface area contributed by atoms with E-state index in [2.05, 4.69) is 34.5 Å². The van der Waals surface area contributed by atoms with E-state index in [9.17, 15) is 0 Å². The molecule has 0 aromatic heterocycles. The molecule has 0 saturated heterocycles. The minimum Gasteiger partial charge on any atom is -0.324 e. The van der Waals surface area contributed by atoms with Crippen molar-refractivity contribution in [3.63, 3.8) is 0 Å². The third-order valence-corrected chi connectivity index (χ3v) is 3.80. The lowest BCUT2D eigenvalue weighted by Gasteiger charge is -2.30. The highest BCUT2D eigenvalue weighted by atomic mass is 15.1. The number of rotatable bonds is 2. The Labute approximate surface area is 117 Å². The van der Waals surface area contributed by atoms with Gasteiger partial charge in [0.25, 0.3) is 0 Å². The number of nitrogens with two attached hydrogens (primary N) is 2. The highest BCUT2D eigenvalue weighted by Crippen LogP contribution is 2.41. The Balaban J connectivity index is 2.27. The van der Waals surface area contributed by atoms with E-state index in [1.165, 1.54) is 22.3 Å². The first-order valence-electron chi connectivity index (χ1n) is 6.51. The summed E-state index contributed by atoms with van der Waals surface area (Å²) in [6.45, 7) is 0. The fourth-order valence-electron chi connectivity index (χ4n) is 2.98. The van der Waals surface area contributed by atoms with Crippen molar-refractivity contribution >= 4 is 12.4 Å². The van der Waals surface area contributed by atoms with Gasteiger partial charge >= 0.3 is 0 Å². The van der Waals surface area contributed by atoms with Gasteiger partial charge in [0, 0.05) is 24.3 Å². The molecule has 0 amide bonds. The number of benzene rings is 2. The molecule has 4 heteroatoms. The van der Waals surface area contributed by atoms with Gasteiger partial charge in [0.15, 0.2) is 0 Å². The van der Waals surface area contributed by atoms with Crippen molar-refractivity contribution in [1.29, 1.82) is 0 Å². The molecule has 100 valence electrons. The molecule has 0 heterocycles. The van der Waals surface area contributed by atoms with Crippen molar-refractivity contribution in [2.24, 2.45) is 21.9 Å². The zero-order valence-electron chi connectivity index (χ0n) is 11.0. The molecule has 0 spiro atoms. The maximum absolute atomic E-state index is 5.39. The van der Waals surface area contributed by atoms with E-state index in [0.717, 1.165) is 0 Å². The van der Waals surface area contributed by atoms with Crippen molar-refractivity contribution in [2.75, 3.05) is 0 Å². The lowest BCUT2D eigenvalue weighted by molar-refractivity contribution is 0.914. The Morgan fingerprint density at radius 2 is 0.950 bits per heavy atom. The summed E-state index contributed by atoms with van der Waals surface area (Å²) < 4.78 is 0. The monoisotopic (exact) mass is 264 g/mol. The molecule has 4 nitrogen and oxygen atoms in total. The molecule has 0 aliphatic heterocycles. The van der Waals surface area contributed by atoms with Crippen LogP contribution < -0.4 is 11.7 Å². The highest BCUT2D eigenvalue weighted by molar-refractivity contribution is 5.83. The zero-order valence-corrected chi connectivity index (χ0v) is 11.0. The topological polar surface area (TPSA) is 76.8 Å². The van der Waals surface area contributed by atoms with Crippen LogP contribution in [0.4, 0.5) is 0 Å². The van der Waals surface area contributed by atoms with Gasteiger partial charge in [-0.3, -0.25) is 0 Å². The van der Waals surface area contributed by atoms with Crippen LogP contribution in [0.25, 0.3) is 0 Å². The van der Waals surface area contributed by atoms with Crippen molar-refractivity contribution in [3.05, 3.63) is 70.8 Å². The summed E-state index contributed by atoms with van der Waals surface area (Å²) in [5.74, 6) is 10.9. The third kappa shape index (κ3) is 1.86. The van der Waals surface area contributed by atoms with Crippen LogP contribution in [0.2, 0.25) is 0 Å². The minimum atomic E-state index is 0.0785. The largest absolute Gasteiger partial charge is 0.324 e. The standard InChI is InChI=1S/C16H16N4/c17-19-9-15-11-5-1-2-6-12(11)16(10-20-18)14-8-4-3-7-13(14)15/h1-10,15-16H,17-18H2. The first-order chi connectivity index (χ1) is 9.86. The number of nitrogens with zero attached hydrogens (tertiary/aromatic N) is 2. The molecular formula is C16H16N4. The average Bonchev–Trinajstić information content (AvgIpc) is 2.50. The second-order valence-electron chi connectivity index (χ2n) is 4.81. The van der Waals surface area contributed by atoms with E-state index >= 15 is 0 Å². The second kappa shape index (κ2) is 5.17. The molecule has 0 saturated carbocycles. The summed E-state index contributed by atoms with van der Waals surface area (Å²) in [5.41, 5.74) is 4.80. The van der Waals surface area contributed by atoms with Gasteiger partial charge in [0.2, 0.25) is 0 Å². The summed E-state index contributed by atoms with van der Waals surface area (Å²) in [6.07, 6.45) is 3.57. The van der Waals surface area contributed by atoms with Crippen LogP contribution in [-0.2, 0) is 0 Å². The van der Waals surface area contributed by atoms with Crippen LogP contribution in [0.15, 0.2) is 58.7 Å². The molecule has 0 bridgehead atoms. The maximum atomic E-state index is 5.39. The maximum Gasteiger partial charge on any atom is 0.0467 e. The molecule has 0 fully saturated rings. The molecule has 2 aromatic rings. The summed E-state index contributed by atoms with van der Waals surface area (Å²) in [6, 6.07) is 16.5. The fourth-order valence-corrected chi connectivity index (χ4v) is 2.98. The molecule has 0 atom stereocenters. The smallest absolute Gasteiger partial charge is 0.0467 e. The molecule has 1 aliphatic rings. The average molecular weight is 264 g/mol. The number of hydrazone groups is 2. The molecule has 20 heavy (non-hydrogen) atoms. The predicted molar refractivity (Wildman–Crippen MR) is 81.9 cm³/mol. The highest BCUT2D eigenvalue weighted by Gasteiger charge is 2.29. The minimum absolute atomic E-state index is 0.0785. The van der Waals surface area contributed by atoms with E-state index < -0.39 is 0 Å². The van der Waals surface area contributed by atoms with Crippen molar-refractivity contribution in [2.45, 2.75) is 11.8 Å².